The van der Waals surface area contributed by atoms with Gasteiger partial charge in [0.2, 0.25) is 0 Å². The Morgan fingerprint density at radius 1 is 1.32 bits per heavy atom. The number of rotatable bonds is 7. The number of hydrogen-bond donors (Lipinski definition) is 1. The van der Waals surface area contributed by atoms with Crippen LogP contribution in [0.3, 0.4) is 0 Å². The van der Waals surface area contributed by atoms with E-state index in [2.05, 4.69) is 46.9 Å². The fourth-order valence-electron chi connectivity index (χ4n) is 2.68. The quantitative estimate of drug-likeness (QED) is 0.591. The number of aromatic nitrogens is 1. The van der Waals surface area contributed by atoms with Crippen molar-refractivity contribution in [3.63, 3.8) is 0 Å². The summed E-state index contributed by atoms with van der Waals surface area (Å²) < 4.78 is 2.30. The molecule has 1 saturated carbocycles. The molecule has 2 nitrogen and oxygen atoms in total. The van der Waals surface area contributed by atoms with E-state index in [1.165, 1.54) is 35.7 Å². The Labute approximate surface area is 115 Å². The van der Waals surface area contributed by atoms with Gasteiger partial charge in [0.05, 0.1) is 0 Å². The molecule has 0 radical (unpaired) electrons. The Morgan fingerprint density at radius 2 is 2.16 bits per heavy atom. The first-order valence-corrected chi connectivity index (χ1v) is 7.29. The fraction of sp³-hybridized carbons (Fsp3) is 0.412. The first kappa shape index (κ1) is 12.5. The molecule has 0 bridgehead atoms. The number of para-hydroxylation sites is 1. The summed E-state index contributed by atoms with van der Waals surface area (Å²) in [5.74, 6) is 0. The molecule has 100 valence electrons. The van der Waals surface area contributed by atoms with Crippen molar-refractivity contribution < 1.29 is 0 Å². The molecule has 1 aromatic carbocycles. The number of aryl methyl sites for hydroxylation is 1. The summed E-state index contributed by atoms with van der Waals surface area (Å²) in [7, 11) is 0. The molecule has 0 saturated heterocycles. The third-order valence-electron chi connectivity index (χ3n) is 3.83. The molecule has 19 heavy (non-hydrogen) atoms. The third kappa shape index (κ3) is 2.90. The largest absolute Gasteiger partial charge is 0.343 e. The number of nitrogens with zero attached hydrogens (tertiary/aromatic N) is 1. The van der Waals surface area contributed by atoms with Crippen molar-refractivity contribution >= 4 is 10.9 Å². The predicted molar refractivity (Wildman–Crippen MR) is 81.5 cm³/mol. The van der Waals surface area contributed by atoms with E-state index in [0.29, 0.717) is 0 Å². The van der Waals surface area contributed by atoms with Crippen molar-refractivity contribution in [2.75, 3.05) is 6.54 Å². The molecule has 0 aliphatic heterocycles. The molecule has 0 unspecified atom stereocenters. The van der Waals surface area contributed by atoms with Gasteiger partial charge >= 0.3 is 0 Å². The van der Waals surface area contributed by atoms with E-state index in [1.54, 1.807) is 0 Å². The van der Waals surface area contributed by atoms with Gasteiger partial charge in [-0.2, -0.15) is 0 Å². The fourth-order valence-corrected chi connectivity index (χ4v) is 2.68. The number of fused-ring (bicyclic) bond motifs is 1. The summed E-state index contributed by atoms with van der Waals surface area (Å²) in [6.07, 6.45) is 9.38. The van der Waals surface area contributed by atoms with Crippen molar-refractivity contribution in [1.82, 2.24) is 9.88 Å². The lowest BCUT2D eigenvalue weighted by Gasteiger charge is -2.01. The van der Waals surface area contributed by atoms with Gasteiger partial charge < -0.3 is 9.88 Å². The van der Waals surface area contributed by atoms with Gasteiger partial charge in [0.15, 0.2) is 0 Å². The monoisotopic (exact) mass is 254 g/mol. The van der Waals surface area contributed by atoms with Crippen molar-refractivity contribution in [1.29, 1.82) is 0 Å². The minimum Gasteiger partial charge on any atom is -0.343 e. The SMILES string of the molecule is C=CCn1cc(CCCNC2CC2)c2ccccc21. The highest BCUT2D eigenvalue weighted by atomic mass is 15.0. The molecule has 1 aromatic heterocycles. The van der Waals surface area contributed by atoms with Crippen molar-refractivity contribution in [3.8, 4) is 0 Å². The van der Waals surface area contributed by atoms with Crippen LogP contribution in [0.1, 0.15) is 24.8 Å². The van der Waals surface area contributed by atoms with E-state index in [9.17, 15) is 0 Å². The average molecular weight is 254 g/mol. The third-order valence-corrected chi connectivity index (χ3v) is 3.83. The highest BCUT2D eigenvalue weighted by molar-refractivity contribution is 5.84. The van der Waals surface area contributed by atoms with E-state index in [-0.39, 0.29) is 0 Å². The number of nitrogens with one attached hydrogen (secondary N) is 1. The average Bonchev–Trinajstić information content (AvgIpc) is 3.20. The lowest BCUT2D eigenvalue weighted by molar-refractivity contribution is 0.646. The topological polar surface area (TPSA) is 17.0 Å². The van der Waals surface area contributed by atoms with Gasteiger partial charge in [-0.05, 0) is 43.9 Å². The minimum absolute atomic E-state index is 0.821. The maximum Gasteiger partial charge on any atom is 0.0486 e. The molecule has 1 aliphatic carbocycles. The van der Waals surface area contributed by atoms with E-state index >= 15 is 0 Å². The van der Waals surface area contributed by atoms with Crippen LogP contribution >= 0.6 is 0 Å². The summed E-state index contributed by atoms with van der Waals surface area (Å²) in [4.78, 5) is 0. The molecule has 3 rings (SSSR count). The highest BCUT2D eigenvalue weighted by Gasteiger charge is 2.19. The van der Waals surface area contributed by atoms with Crippen molar-refractivity contribution in [2.24, 2.45) is 0 Å². The maximum absolute atomic E-state index is 3.84. The van der Waals surface area contributed by atoms with Gasteiger partial charge in [0.25, 0.3) is 0 Å². The van der Waals surface area contributed by atoms with Crippen LogP contribution in [0.15, 0.2) is 43.1 Å². The molecule has 1 aliphatic rings. The molecular weight excluding hydrogens is 232 g/mol. The molecular formula is C17H22N2. The molecule has 1 heterocycles. The Kier molecular flexibility index (Phi) is 3.69. The maximum atomic E-state index is 3.84. The summed E-state index contributed by atoms with van der Waals surface area (Å²) in [6, 6.07) is 9.50. The number of benzene rings is 1. The Hall–Kier alpha value is -1.54. The van der Waals surface area contributed by atoms with E-state index in [0.717, 1.165) is 25.6 Å². The number of hydrogen-bond acceptors (Lipinski definition) is 1. The number of allylic oxidation sites excluding steroid dienone is 1. The normalized spacial score (nSPS) is 14.9. The zero-order chi connectivity index (χ0) is 13.1. The summed E-state index contributed by atoms with van der Waals surface area (Å²) >= 11 is 0. The predicted octanol–water partition coefficient (Wildman–Crippen LogP) is 3.51. The summed E-state index contributed by atoms with van der Waals surface area (Å²) in [5.41, 5.74) is 2.79. The van der Waals surface area contributed by atoms with Crippen LogP contribution in [-0.4, -0.2) is 17.2 Å². The Bertz CT molecular complexity index is 564. The zero-order valence-corrected chi connectivity index (χ0v) is 11.4. The standard InChI is InChI=1S/C17H22N2/c1-2-12-19-13-14(6-5-11-18-15-9-10-15)16-7-3-4-8-17(16)19/h2-4,7-8,13,15,18H,1,5-6,9-12H2. The summed E-state index contributed by atoms with van der Waals surface area (Å²) in [5, 5.41) is 4.98. The van der Waals surface area contributed by atoms with Crippen molar-refractivity contribution in [2.45, 2.75) is 38.3 Å². The molecule has 1 fully saturated rings. The van der Waals surface area contributed by atoms with Crippen LogP contribution in [0.5, 0.6) is 0 Å². The summed E-state index contributed by atoms with van der Waals surface area (Å²) in [6.45, 7) is 5.88. The van der Waals surface area contributed by atoms with Crippen LogP contribution in [0.25, 0.3) is 10.9 Å². The molecule has 0 amide bonds. The first-order chi connectivity index (χ1) is 9.38. The molecule has 1 N–H and O–H groups in total. The Morgan fingerprint density at radius 3 is 2.95 bits per heavy atom. The molecule has 2 aromatic rings. The van der Waals surface area contributed by atoms with Gasteiger partial charge in [-0.3, -0.25) is 0 Å². The zero-order valence-electron chi connectivity index (χ0n) is 11.4. The van der Waals surface area contributed by atoms with Gasteiger partial charge in [-0.25, -0.2) is 0 Å². The smallest absolute Gasteiger partial charge is 0.0486 e. The second-order valence-corrected chi connectivity index (χ2v) is 5.44. The molecule has 0 spiro atoms. The van der Waals surface area contributed by atoms with Gasteiger partial charge in [-0.15, -0.1) is 6.58 Å². The molecule has 2 heteroatoms. The van der Waals surface area contributed by atoms with Crippen molar-refractivity contribution in [3.05, 3.63) is 48.7 Å². The molecule has 0 atom stereocenters. The van der Waals surface area contributed by atoms with Gasteiger partial charge in [-0.1, -0.05) is 24.3 Å². The van der Waals surface area contributed by atoms with Gasteiger partial charge in [0, 0.05) is 29.7 Å². The highest BCUT2D eigenvalue weighted by Crippen LogP contribution is 2.23. The second kappa shape index (κ2) is 5.62. The minimum atomic E-state index is 0.821. The van der Waals surface area contributed by atoms with Crippen LogP contribution in [-0.2, 0) is 13.0 Å². The van der Waals surface area contributed by atoms with Gasteiger partial charge in [0.1, 0.15) is 0 Å². The lowest BCUT2D eigenvalue weighted by Crippen LogP contribution is -2.17. The van der Waals surface area contributed by atoms with Crippen LogP contribution in [0.2, 0.25) is 0 Å². The lowest BCUT2D eigenvalue weighted by atomic mass is 10.1. The van der Waals surface area contributed by atoms with Crippen LogP contribution < -0.4 is 5.32 Å². The first-order valence-electron chi connectivity index (χ1n) is 7.29. The van der Waals surface area contributed by atoms with E-state index in [1.807, 2.05) is 6.08 Å². The second-order valence-electron chi connectivity index (χ2n) is 5.44. The van der Waals surface area contributed by atoms with E-state index < -0.39 is 0 Å². The van der Waals surface area contributed by atoms with Crippen LogP contribution in [0.4, 0.5) is 0 Å². The Balaban J connectivity index is 1.71. The van der Waals surface area contributed by atoms with E-state index in [4.69, 9.17) is 0 Å². The van der Waals surface area contributed by atoms with Crippen LogP contribution in [0, 0.1) is 0 Å².